The first kappa shape index (κ1) is 17.9. The zero-order chi connectivity index (χ0) is 13.7. The second kappa shape index (κ2) is 11.9. The second-order valence-electron chi connectivity index (χ2n) is 5.72. The van der Waals surface area contributed by atoms with Gasteiger partial charge in [-0.15, -0.1) is 0 Å². The van der Waals surface area contributed by atoms with Crippen molar-refractivity contribution in [1.82, 2.24) is 5.32 Å². The first-order valence-electron chi connectivity index (χ1n) is 7.78. The third kappa shape index (κ3) is 15.9. The Morgan fingerprint density at radius 3 is 1.78 bits per heavy atom. The van der Waals surface area contributed by atoms with Crippen LogP contribution in [0.25, 0.3) is 0 Å². The summed E-state index contributed by atoms with van der Waals surface area (Å²) in [6, 6.07) is 0. The largest absolute Gasteiger partial charge is 0.375 e. The van der Waals surface area contributed by atoms with Gasteiger partial charge in [-0.05, 0) is 19.9 Å². The van der Waals surface area contributed by atoms with E-state index in [1.165, 1.54) is 64.2 Å². The summed E-state index contributed by atoms with van der Waals surface area (Å²) in [4.78, 5) is 0. The Balaban J connectivity index is 2.99. The van der Waals surface area contributed by atoms with E-state index in [1.54, 1.807) is 6.92 Å². The van der Waals surface area contributed by atoms with E-state index in [0.29, 0.717) is 6.54 Å². The molecule has 3 nitrogen and oxygen atoms in total. The van der Waals surface area contributed by atoms with E-state index in [0.717, 1.165) is 6.54 Å². The zero-order valence-corrected chi connectivity index (χ0v) is 12.5. The highest BCUT2D eigenvalue weighted by Crippen LogP contribution is 2.10. The summed E-state index contributed by atoms with van der Waals surface area (Å²) in [5.41, 5.74) is 4.39. The minimum Gasteiger partial charge on any atom is -0.375 e. The van der Waals surface area contributed by atoms with Gasteiger partial charge in [-0.3, -0.25) is 0 Å². The van der Waals surface area contributed by atoms with Gasteiger partial charge in [0.25, 0.3) is 0 Å². The van der Waals surface area contributed by atoms with Gasteiger partial charge in [-0.25, -0.2) is 0 Å². The second-order valence-corrected chi connectivity index (χ2v) is 5.72. The van der Waals surface area contributed by atoms with E-state index in [1.807, 2.05) is 0 Å². The van der Waals surface area contributed by atoms with Gasteiger partial charge in [0.05, 0.1) is 0 Å². The molecule has 4 N–H and O–H groups in total. The first-order valence-corrected chi connectivity index (χ1v) is 7.78. The van der Waals surface area contributed by atoms with Gasteiger partial charge in [-0.2, -0.15) is 0 Å². The molecule has 0 spiro atoms. The summed E-state index contributed by atoms with van der Waals surface area (Å²) in [6.07, 6.45) is 13.6. The van der Waals surface area contributed by atoms with Gasteiger partial charge in [0.15, 0.2) is 0 Å². The molecule has 0 aliphatic heterocycles. The van der Waals surface area contributed by atoms with Crippen molar-refractivity contribution in [2.45, 2.75) is 83.8 Å². The van der Waals surface area contributed by atoms with E-state index in [2.05, 4.69) is 12.2 Å². The number of aliphatic hydroxyl groups is 1. The van der Waals surface area contributed by atoms with Crippen LogP contribution in [0.1, 0.15) is 78.1 Å². The Bertz CT molecular complexity index is 166. The lowest BCUT2D eigenvalue weighted by atomic mass is 10.1. The maximum atomic E-state index is 9.29. The normalized spacial score (nSPS) is 14.7. The molecule has 0 rings (SSSR count). The molecule has 0 heterocycles. The molecule has 1 unspecified atom stereocenters. The van der Waals surface area contributed by atoms with Gasteiger partial charge in [0.1, 0.15) is 5.72 Å². The van der Waals surface area contributed by atoms with Crippen molar-refractivity contribution >= 4 is 0 Å². The SMILES string of the molecule is CCCCCCCCCCCCNCC(C)(N)O. The van der Waals surface area contributed by atoms with Gasteiger partial charge in [0.2, 0.25) is 0 Å². The topological polar surface area (TPSA) is 58.3 Å². The third-order valence-electron chi connectivity index (χ3n) is 3.19. The Morgan fingerprint density at radius 1 is 0.889 bits per heavy atom. The molecule has 0 saturated carbocycles. The molecule has 0 aliphatic carbocycles. The molecule has 18 heavy (non-hydrogen) atoms. The maximum Gasteiger partial charge on any atom is 0.123 e. The molecule has 0 radical (unpaired) electrons. The number of rotatable bonds is 13. The molecule has 1 atom stereocenters. The summed E-state index contributed by atoms with van der Waals surface area (Å²) >= 11 is 0. The molecule has 0 fully saturated rings. The van der Waals surface area contributed by atoms with Crippen molar-refractivity contribution in [3.8, 4) is 0 Å². The number of unbranched alkanes of at least 4 members (excludes halogenated alkanes) is 9. The van der Waals surface area contributed by atoms with Crippen molar-refractivity contribution < 1.29 is 5.11 Å². The number of hydrogen-bond donors (Lipinski definition) is 3. The van der Waals surface area contributed by atoms with Crippen molar-refractivity contribution in [1.29, 1.82) is 0 Å². The van der Waals surface area contributed by atoms with Crippen molar-refractivity contribution in [2.24, 2.45) is 5.73 Å². The highest BCUT2D eigenvalue weighted by atomic mass is 16.3. The fourth-order valence-corrected chi connectivity index (χ4v) is 2.08. The molecule has 0 aromatic rings. The van der Waals surface area contributed by atoms with Crippen LogP contribution in [0.3, 0.4) is 0 Å². The van der Waals surface area contributed by atoms with Crippen molar-refractivity contribution in [3.63, 3.8) is 0 Å². The smallest absolute Gasteiger partial charge is 0.123 e. The summed E-state index contributed by atoms with van der Waals surface area (Å²) in [5.74, 6) is 0. The Kier molecular flexibility index (Phi) is 11.9. The highest BCUT2D eigenvalue weighted by Gasteiger charge is 2.10. The van der Waals surface area contributed by atoms with E-state index in [9.17, 15) is 5.11 Å². The fraction of sp³-hybridized carbons (Fsp3) is 1.00. The molecule has 0 bridgehead atoms. The number of hydrogen-bond acceptors (Lipinski definition) is 3. The summed E-state index contributed by atoms with van der Waals surface area (Å²) in [6.45, 7) is 5.32. The van der Waals surface area contributed by atoms with E-state index in [-0.39, 0.29) is 0 Å². The average Bonchev–Trinajstić information content (AvgIpc) is 2.29. The molecule has 3 heteroatoms. The van der Waals surface area contributed by atoms with Gasteiger partial charge < -0.3 is 16.2 Å². The lowest BCUT2D eigenvalue weighted by Gasteiger charge is -2.17. The Hall–Kier alpha value is -0.120. The van der Waals surface area contributed by atoms with Crippen LogP contribution in [0.15, 0.2) is 0 Å². The predicted molar refractivity (Wildman–Crippen MR) is 79.5 cm³/mol. The van der Waals surface area contributed by atoms with Crippen LogP contribution in [-0.2, 0) is 0 Å². The van der Waals surface area contributed by atoms with E-state index in [4.69, 9.17) is 5.73 Å². The average molecular weight is 258 g/mol. The minimum absolute atomic E-state index is 0.477. The van der Waals surface area contributed by atoms with E-state index >= 15 is 0 Å². The number of nitrogens with two attached hydrogens (primary N) is 1. The zero-order valence-electron chi connectivity index (χ0n) is 12.5. The lowest BCUT2D eigenvalue weighted by Crippen LogP contribution is -2.45. The van der Waals surface area contributed by atoms with Crippen LogP contribution in [0.4, 0.5) is 0 Å². The molecular formula is C15H34N2O. The van der Waals surface area contributed by atoms with Crippen LogP contribution in [0.5, 0.6) is 0 Å². The highest BCUT2D eigenvalue weighted by molar-refractivity contribution is 4.66. The quantitative estimate of drug-likeness (QED) is 0.351. The molecule has 110 valence electrons. The van der Waals surface area contributed by atoms with E-state index < -0.39 is 5.72 Å². The van der Waals surface area contributed by atoms with Crippen LogP contribution >= 0.6 is 0 Å². The summed E-state index contributed by atoms with van der Waals surface area (Å²) in [7, 11) is 0. The van der Waals surface area contributed by atoms with Crippen molar-refractivity contribution in [2.75, 3.05) is 13.1 Å². The molecule has 0 saturated heterocycles. The number of nitrogens with one attached hydrogen (secondary N) is 1. The summed E-state index contributed by atoms with van der Waals surface area (Å²) < 4.78 is 0. The lowest BCUT2D eigenvalue weighted by molar-refractivity contribution is 0.0669. The van der Waals surface area contributed by atoms with Gasteiger partial charge in [-0.1, -0.05) is 64.7 Å². The molecular weight excluding hydrogens is 224 g/mol. The van der Waals surface area contributed by atoms with Crippen LogP contribution in [0.2, 0.25) is 0 Å². The molecule has 0 amide bonds. The molecule has 0 aromatic heterocycles. The Labute approximate surface area is 114 Å². The molecule has 0 aromatic carbocycles. The molecule has 0 aliphatic rings. The fourth-order valence-electron chi connectivity index (χ4n) is 2.08. The first-order chi connectivity index (χ1) is 8.56. The maximum absolute atomic E-state index is 9.29. The summed E-state index contributed by atoms with van der Waals surface area (Å²) in [5, 5.41) is 12.5. The van der Waals surface area contributed by atoms with Crippen LogP contribution < -0.4 is 11.1 Å². The predicted octanol–water partition coefficient (Wildman–Crippen LogP) is 3.16. The van der Waals surface area contributed by atoms with Crippen LogP contribution in [-0.4, -0.2) is 23.9 Å². The monoisotopic (exact) mass is 258 g/mol. The standard InChI is InChI=1S/C15H34N2O/c1-3-4-5-6-7-8-9-10-11-12-13-17-14-15(2,16)18/h17-18H,3-14,16H2,1-2H3. The van der Waals surface area contributed by atoms with Crippen molar-refractivity contribution in [3.05, 3.63) is 0 Å². The van der Waals surface area contributed by atoms with Gasteiger partial charge in [0, 0.05) is 6.54 Å². The third-order valence-corrected chi connectivity index (χ3v) is 3.19. The van der Waals surface area contributed by atoms with Gasteiger partial charge >= 0.3 is 0 Å². The van der Waals surface area contributed by atoms with Crippen LogP contribution in [0, 0.1) is 0 Å². The Morgan fingerprint density at radius 2 is 1.33 bits per heavy atom. The minimum atomic E-state index is -1.07.